The Morgan fingerprint density at radius 2 is 2.05 bits per heavy atom. The minimum Gasteiger partial charge on any atom is -0.492 e. The van der Waals surface area contributed by atoms with Crippen LogP contribution in [0, 0.1) is 0 Å². The van der Waals surface area contributed by atoms with Crippen LogP contribution < -0.4 is 10.1 Å². The Morgan fingerprint density at radius 1 is 1.24 bits per heavy atom. The lowest BCUT2D eigenvalue weighted by atomic mass is 10.2. The summed E-state index contributed by atoms with van der Waals surface area (Å²) >= 11 is 3.59. The van der Waals surface area contributed by atoms with Gasteiger partial charge in [-0.05, 0) is 49.7 Å². The second-order valence-electron chi connectivity index (χ2n) is 5.32. The van der Waals surface area contributed by atoms with Gasteiger partial charge in [0, 0.05) is 31.2 Å². The minimum atomic E-state index is 0.726. The smallest absolute Gasteiger partial charge is 0.119 e. The van der Waals surface area contributed by atoms with Gasteiger partial charge in [-0.15, -0.1) is 0 Å². The van der Waals surface area contributed by atoms with Gasteiger partial charge in [0.2, 0.25) is 0 Å². The average Bonchev–Trinajstić information content (AvgIpc) is 3.00. The first-order valence-electron chi connectivity index (χ1n) is 7.63. The van der Waals surface area contributed by atoms with Crippen molar-refractivity contribution < 1.29 is 9.47 Å². The summed E-state index contributed by atoms with van der Waals surface area (Å²) in [4.78, 5) is 2.46. The summed E-state index contributed by atoms with van der Waals surface area (Å²) in [5.74, 6) is 0.945. The summed E-state index contributed by atoms with van der Waals surface area (Å²) in [7, 11) is 1.71. The fourth-order valence-electron chi connectivity index (χ4n) is 2.47. The van der Waals surface area contributed by atoms with Crippen molar-refractivity contribution in [2.24, 2.45) is 0 Å². The Morgan fingerprint density at radius 3 is 2.81 bits per heavy atom. The molecule has 0 aromatic heterocycles. The highest BCUT2D eigenvalue weighted by Crippen LogP contribution is 2.22. The predicted octanol–water partition coefficient (Wildman–Crippen LogP) is 2.66. The Balaban J connectivity index is 1.76. The van der Waals surface area contributed by atoms with Crippen LogP contribution in [-0.4, -0.2) is 51.4 Å². The fraction of sp³-hybridized carbons (Fsp3) is 0.625. The van der Waals surface area contributed by atoms with E-state index in [1.807, 2.05) is 6.07 Å². The first-order valence-corrected chi connectivity index (χ1v) is 8.42. The molecule has 0 spiro atoms. The lowest BCUT2D eigenvalue weighted by Gasteiger charge is -2.15. The summed E-state index contributed by atoms with van der Waals surface area (Å²) in [6.45, 7) is 6.62. The molecule has 1 N–H and O–H groups in total. The van der Waals surface area contributed by atoms with Gasteiger partial charge in [-0.1, -0.05) is 15.9 Å². The van der Waals surface area contributed by atoms with Gasteiger partial charge in [0.05, 0.1) is 6.61 Å². The largest absolute Gasteiger partial charge is 0.492 e. The maximum Gasteiger partial charge on any atom is 0.119 e. The second kappa shape index (κ2) is 9.41. The molecule has 0 bridgehead atoms. The Labute approximate surface area is 135 Å². The SMILES string of the molecule is COCCNCc1cc(OCCN2CCCC2)ccc1Br. The molecular formula is C16H25BrN2O2. The van der Waals surface area contributed by atoms with Crippen LogP contribution in [0.15, 0.2) is 22.7 Å². The molecule has 118 valence electrons. The van der Waals surface area contributed by atoms with Crippen molar-refractivity contribution in [2.45, 2.75) is 19.4 Å². The lowest BCUT2D eigenvalue weighted by molar-refractivity contribution is 0.199. The summed E-state index contributed by atoms with van der Waals surface area (Å²) < 4.78 is 12.0. The zero-order chi connectivity index (χ0) is 14.9. The molecule has 5 heteroatoms. The van der Waals surface area contributed by atoms with Gasteiger partial charge < -0.3 is 14.8 Å². The number of nitrogens with one attached hydrogen (secondary N) is 1. The molecule has 1 aliphatic rings. The quantitative estimate of drug-likeness (QED) is 0.689. The number of benzene rings is 1. The third-order valence-corrected chi connectivity index (χ3v) is 4.46. The summed E-state index contributed by atoms with van der Waals surface area (Å²) in [5.41, 5.74) is 1.21. The van der Waals surface area contributed by atoms with E-state index >= 15 is 0 Å². The van der Waals surface area contributed by atoms with Crippen LogP contribution in [0.2, 0.25) is 0 Å². The first-order chi connectivity index (χ1) is 10.3. The molecular weight excluding hydrogens is 332 g/mol. The van der Waals surface area contributed by atoms with Crippen LogP contribution in [0.3, 0.4) is 0 Å². The van der Waals surface area contributed by atoms with Crippen LogP contribution in [0.25, 0.3) is 0 Å². The molecule has 0 amide bonds. The molecule has 1 aromatic carbocycles. The maximum atomic E-state index is 5.88. The lowest BCUT2D eigenvalue weighted by Crippen LogP contribution is -2.25. The van der Waals surface area contributed by atoms with E-state index in [2.05, 4.69) is 38.3 Å². The third kappa shape index (κ3) is 5.94. The third-order valence-electron chi connectivity index (χ3n) is 3.69. The van der Waals surface area contributed by atoms with Gasteiger partial charge in [-0.3, -0.25) is 4.90 Å². The fourth-order valence-corrected chi connectivity index (χ4v) is 2.86. The number of ether oxygens (including phenoxy) is 2. The van der Waals surface area contributed by atoms with Crippen molar-refractivity contribution in [1.82, 2.24) is 10.2 Å². The van der Waals surface area contributed by atoms with Crippen molar-refractivity contribution in [2.75, 3.05) is 46.5 Å². The molecule has 2 rings (SSSR count). The molecule has 0 saturated carbocycles. The van der Waals surface area contributed by atoms with Crippen molar-refractivity contribution >= 4 is 15.9 Å². The number of likely N-dealkylation sites (tertiary alicyclic amines) is 1. The molecule has 0 unspecified atom stereocenters. The molecule has 1 aromatic rings. The number of rotatable bonds is 9. The Bertz CT molecular complexity index is 423. The molecule has 1 saturated heterocycles. The van der Waals surface area contributed by atoms with Crippen LogP contribution in [0.4, 0.5) is 0 Å². The number of nitrogens with zero attached hydrogens (tertiary/aromatic N) is 1. The van der Waals surface area contributed by atoms with Gasteiger partial charge in [-0.2, -0.15) is 0 Å². The van der Waals surface area contributed by atoms with Crippen LogP contribution in [0.5, 0.6) is 5.75 Å². The van der Waals surface area contributed by atoms with Crippen molar-refractivity contribution in [1.29, 1.82) is 0 Å². The van der Waals surface area contributed by atoms with E-state index in [0.29, 0.717) is 0 Å². The van der Waals surface area contributed by atoms with E-state index in [9.17, 15) is 0 Å². The monoisotopic (exact) mass is 356 g/mol. The highest BCUT2D eigenvalue weighted by Gasteiger charge is 2.11. The number of hydrogen-bond acceptors (Lipinski definition) is 4. The highest BCUT2D eigenvalue weighted by atomic mass is 79.9. The van der Waals surface area contributed by atoms with Crippen LogP contribution >= 0.6 is 15.9 Å². The molecule has 0 atom stereocenters. The van der Waals surface area contributed by atoms with Crippen molar-refractivity contribution in [3.63, 3.8) is 0 Å². The Hall–Kier alpha value is -0.620. The summed E-state index contributed by atoms with van der Waals surface area (Å²) in [6, 6.07) is 6.18. The van der Waals surface area contributed by atoms with E-state index in [4.69, 9.17) is 9.47 Å². The van der Waals surface area contributed by atoms with E-state index in [-0.39, 0.29) is 0 Å². The zero-order valence-electron chi connectivity index (χ0n) is 12.7. The Kier molecular flexibility index (Phi) is 7.50. The van der Waals surface area contributed by atoms with E-state index in [1.165, 1.54) is 31.5 Å². The van der Waals surface area contributed by atoms with Gasteiger partial charge >= 0.3 is 0 Å². The van der Waals surface area contributed by atoms with E-state index < -0.39 is 0 Å². The molecule has 4 nitrogen and oxygen atoms in total. The van der Waals surface area contributed by atoms with Gasteiger partial charge in [0.25, 0.3) is 0 Å². The minimum absolute atomic E-state index is 0.726. The molecule has 0 radical (unpaired) electrons. The topological polar surface area (TPSA) is 33.7 Å². The van der Waals surface area contributed by atoms with Gasteiger partial charge in [-0.25, -0.2) is 0 Å². The number of methoxy groups -OCH3 is 1. The van der Waals surface area contributed by atoms with Crippen molar-refractivity contribution in [3.05, 3.63) is 28.2 Å². The highest BCUT2D eigenvalue weighted by molar-refractivity contribution is 9.10. The summed E-state index contributed by atoms with van der Waals surface area (Å²) in [5, 5.41) is 3.35. The van der Waals surface area contributed by atoms with Gasteiger partial charge in [0.15, 0.2) is 0 Å². The zero-order valence-corrected chi connectivity index (χ0v) is 14.3. The normalized spacial score (nSPS) is 15.5. The molecule has 21 heavy (non-hydrogen) atoms. The predicted molar refractivity (Wildman–Crippen MR) is 88.9 cm³/mol. The molecule has 1 heterocycles. The second-order valence-corrected chi connectivity index (χ2v) is 6.17. The average molecular weight is 357 g/mol. The van der Waals surface area contributed by atoms with Crippen LogP contribution in [0.1, 0.15) is 18.4 Å². The van der Waals surface area contributed by atoms with E-state index in [0.717, 1.165) is 43.1 Å². The van der Waals surface area contributed by atoms with Crippen LogP contribution in [-0.2, 0) is 11.3 Å². The maximum absolute atomic E-state index is 5.88. The van der Waals surface area contributed by atoms with Gasteiger partial charge in [0.1, 0.15) is 12.4 Å². The molecule has 1 aliphatic heterocycles. The first kappa shape index (κ1) is 16.7. The molecule has 1 fully saturated rings. The number of hydrogen-bond donors (Lipinski definition) is 1. The molecule has 0 aliphatic carbocycles. The summed E-state index contributed by atoms with van der Waals surface area (Å²) in [6.07, 6.45) is 2.66. The number of halogens is 1. The van der Waals surface area contributed by atoms with Crippen molar-refractivity contribution in [3.8, 4) is 5.75 Å². The van der Waals surface area contributed by atoms with E-state index in [1.54, 1.807) is 7.11 Å². The standard InChI is InChI=1S/C16H25BrN2O2/c1-20-10-6-18-13-14-12-15(4-5-16(14)17)21-11-9-19-7-2-3-8-19/h4-5,12,18H,2-3,6-11,13H2,1H3.